The number of hydrogen-bond acceptors (Lipinski definition) is 10. The summed E-state index contributed by atoms with van der Waals surface area (Å²) < 4.78 is 32.9. The highest BCUT2D eigenvalue weighted by Crippen LogP contribution is 2.42. The number of nitrogens with zero attached hydrogens (tertiary/aromatic N) is 2. The second-order valence-corrected chi connectivity index (χ2v) is 14.4. The lowest BCUT2D eigenvalue weighted by Gasteiger charge is -2.44. The van der Waals surface area contributed by atoms with Crippen molar-refractivity contribution < 1.29 is 43.2 Å². The zero-order chi connectivity index (χ0) is 35.5. The number of nitrogens with one attached hydrogen (secondary N) is 1. The first-order chi connectivity index (χ1) is 24.1. The molecule has 0 spiro atoms. The van der Waals surface area contributed by atoms with E-state index < -0.39 is 29.7 Å². The number of benzene rings is 2. The average Bonchev–Trinajstić information content (AvgIpc) is 3.53. The Morgan fingerprint density at radius 2 is 1.78 bits per heavy atom. The van der Waals surface area contributed by atoms with E-state index in [2.05, 4.69) is 10.2 Å². The molecule has 4 aromatic rings. The SMILES string of the molecule is COc1ccc([C@H](Cc2c(Cl)c[n+](O)cc2Cl)c2sc(CNC(C(=O)O[C@H]3CN4CCC3CC4)c3ccccc3F)cc2C(=O)[O-])cc1OC. The molecular weight excluding hydrogens is 708 g/mol. The van der Waals surface area contributed by atoms with Crippen LogP contribution < -0.4 is 24.6 Å². The number of carbonyl (C=O) groups excluding carboxylic acids is 2. The summed E-state index contributed by atoms with van der Waals surface area (Å²) in [5.41, 5.74) is 1.22. The van der Waals surface area contributed by atoms with Crippen LogP contribution in [0.1, 0.15) is 61.6 Å². The molecule has 3 aliphatic heterocycles. The number of carboxylic acid groups (broad SMARTS) is 1. The van der Waals surface area contributed by atoms with Gasteiger partial charge in [0.1, 0.15) is 28.0 Å². The third-order valence-electron chi connectivity index (χ3n) is 9.43. The number of methoxy groups -OCH3 is 2. The van der Waals surface area contributed by atoms with Gasteiger partial charge in [-0.1, -0.05) is 47.5 Å². The molecule has 50 heavy (non-hydrogen) atoms. The van der Waals surface area contributed by atoms with Gasteiger partial charge in [0.05, 0.1) is 20.2 Å². The number of hydrogen-bond donors (Lipinski definition) is 2. The van der Waals surface area contributed by atoms with Crippen molar-refractivity contribution in [3.05, 3.63) is 109 Å². The fourth-order valence-electron chi connectivity index (χ4n) is 6.83. The van der Waals surface area contributed by atoms with Gasteiger partial charge in [-0.15, -0.1) is 11.3 Å². The minimum atomic E-state index is -1.40. The second-order valence-electron chi connectivity index (χ2n) is 12.4. The molecule has 3 fully saturated rings. The molecule has 2 bridgehead atoms. The minimum absolute atomic E-state index is 0.0231. The Hall–Kier alpha value is -3.94. The smallest absolute Gasteiger partial charge is 0.328 e. The largest absolute Gasteiger partial charge is 0.545 e. The first-order valence-electron chi connectivity index (χ1n) is 16.1. The molecule has 5 heterocycles. The average molecular weight is 745 g/mol. The standard InChI is InChI=1S/C36H36Cl2FN3O7S/c1-47-30-8-7-21(13-31(30)48-2)24(15-25-27(37)17-42(46)18-28(25)38)34-26(35(43)44)14-22(50-34)16-40-33(23-5-3-4-6-29(23)39)36(45)49-32-19-41-11-9-20(32)10-12-41/h3-8,13-14,17-18,20,24,32-33,40H,9-12,15-16,19H2,1-2H3,(H-,43,44,46)/t24-,32-,33?/m0/s1. The van der Waals surface area contributed by atoms with Crippen molar-refractivity contribution >= 4 is 46.5 Å². The summed E-state index contributed by atoms with van der Waals surface area (Å²) in [7, 11) is 3.01. The Labute approximate surface area is 302 Å². The van der Waals surface area contributed by atoms with E-state index in [0.29, 0.717) is 38.9 Å². The maximum atomic E-state index is 15.1. The molecule has 14 heteroatoms. The van der Waals surface area contributed by atoms with E-state index in [1.165, 1.54) is 56.1 Å². The van der Waals surface area contributed by atoms with Crippen molar-refractivity contribution in [1.29, 1.82) is 0 Å². The van der Waals surface area contributed by atoms with E-state index >= 15 is 4.39 Å². The van der Waals surface area contributed by atoms with Crippen LogP contribution in [0.3, 0.4) is 0 Å². The van der Waals surface area contributed by atoms with Gasteiger partial charge in [-0.25, -0.2) is 9.18 Å². The van der Waals surface area contributed by atoms with Gasteiger partial charge >= 0.3 is 5.97 Å². The number of ether oxygens (including phenoxy) is 3. The predicted molar refractivity (Wildman–Crippen MR) is 183 cm³/mol. The van der Waals surface area contributed by atoms with E-state index in [4.69, 9.17) is 37.4 Å². The molecule has 2 N–H and O–H groups in total. The van der Waals surface area contributed by atoms with Crippen LogP contribution in [0.15, 0.2) is 60.9 Å². The van der Waals surface area contributed by atoms with E-state index in [9.17, 15) is 19.9 Å². The van der Waals surface area contributed by atoms with Gasteiger partial charge < -0.3 is 24.1 Å². The Bertz CT molecular complexity index is 1860. The number of aromatic nitrogens is 1. The number of pyridine rings is 1. The minimum Gasteiger partial charge on any atom is -0.545 e. The molecule has 0 saturated carbocycles. The van der Waals surface area contributed by atoms with Crippen LogP contribution in [0.4, 0.5) is 4.39 Å². The van der Waals surface area contributed by atoms with Crippen molar-refractivity contribution in [1.82, 2.24) is 10.2 Å². The zero-order valence-electron chi connectivity index (χ0n) is 27.4. The summed E-state index contributed by atoms with van der Waals surface area (Å²) in [4.78, 5) is 29.6. The van der Waals surface area contributed by atoms with Crippen molar-refractivity contribution in [2.24, 2.45) is 5.92 Å². The van der Waals surface area contributed by atoms with Crippen LogP contribution >= 0.6 is 34.5 Å². The Morgan fingerprint density at radius 1 is 1.08 bits per heavy atom. The normalized spacial score (nSPS) is 19.5. The van der Waals surface area contributed by atoms with Gasteiger partial charge in [-0.05, 0) is 68.1 Å². The summed E-state index contributed by atoms with van der Waals surface area (Å²) >= 11 is 14.2. The topological polar surface area (TPSA) is 124 Å². The first kappa shape index (κ1) is 35.9. The van der Waals surface area contributed by atoms with Gasteiger partial charge in [-0.2, -0.15) is 0 Å². The monoisotopic (exact) mass is 743 g/mol. The zero-order valence-corrected chi connectivity index (χ0v) is 29.7. The van der Waals surface area contributed by atoms with Crippen LogP contribution in [-0.4, -0.2) is 62.0 Å². The molecule has 3 aliphatic rings. The summed E-state index contributed by atoms with van der Waals surface area (Å²) in [5.74, 6) is -2.02. The number of halogens is 3. The molecule has 3 saturated heterocycles. The molecule has 1 unspecified atom stereocenters. The third kappa shape index (κ3) is 7.69. The fourth-order valence-corrected chi connectivity index (χ4v) is 8.66. The Kier molecular flexibility index (Phi) is 11.1. The Morgan fingerprint density at radius 3 is 2.40 bits per heavy atom. The molecule has 2 aromatic heterocycles. The van der Waals surface area contributed by atoms with E-state index in [-0.39, 0.29) is 46.2 Å². The number of carbonyl (C=O) groups is 2. The molecule has 0 radical (unpaired) electrons. The second kappa shape index (κ2) is 15.5. The number of rotatable bonds is 13. The molecule has 264 valence electrons. The van der Waals surface area contributed by atoms with Gasteiger partial charge in [0.25, 0.3) is 0 Å². The lowest BCUT2D eigenvalue weighted by atomic mass is 9.86. The number of carboxylic acids is 1. The van der Waals surface area contributed by atoms with Crippen molar-refractivity contribution in [3.8, 4) is 11.5 Å². The van der Waals surface area contributed by atoms with Gasteiger partial charge in [0.15, 0.2) is 11.5 Å². The highest BCUT2D eigenvalue weighted by atomic mass is 35.5. The van der Waals surface area contributed by atoms with E-state index in [1.54, 1.807) is 30.3 Å². The van der Waals surface area contributed by atoms with Crippen molar-refractivity contribution in [2.75, 3.05) is 33.9 Å². The lowest BCUT2D eigenvalue weighted by Crippen LogP contribution is -2.52. The lowest BCUT2D eigenvalue weighted by molar-refractivity contribution is -0.904. The Balaban J connectivity index is 1.34. The highest BCUT2D eigenvalue weighted by Gasteiger charge is 2.38. The number of fused-ring (bicyclic) bond motifs is 3. The number of thiophene rings is 1. The number of aromatic carboxylic acids is 1. The van der Waals surface area contributed by atoms with Crippen LogP contribution in [-0.2, 0) is 22.5 Å². The highest BCUT2D eigenvalue weighted by molar-refractivity contribution is 7.12. The molecular formula is C36H36Cl2FN3O7S. The van der Waals surface area contributed by atoms with Crippen LogP contribution in [0.2, 0.25) is 10.0 Å². The third-order valence-corrected chi connectivity index (χ3v) is 11.3. The van der Waals surface area contributed by atoms with Gasteiger partial charge in [0, 0.05) is 50.2 Å². The van der Waals surface area contributed by atoms with E-state index in [0.717, 1.165) is 30.7 Å². The van der Waals surface area contributed by atoms with Crippen LogP contribution in [0.25, 0.3) is 0 Å². The quantitative estimate of drug-likeness (QED) is 0.111. The maximum absolute atomic E-state index is 15.1. The first-order valence-corrected chi connectivity index (χ1v) is 17.7. The molecule has 2 aromatic carbocycles. The van der Waals surface area contributed by atoms with Crippen LogP contribution in [0, 0.1) is 11.7 Å². The summed E-state index contributed by atoms with van der Waals surface area (Å²) in [5, 5.41) is 26.1. The molecule has 3 atom stereocenters. The summed E-state index contributed by atoms with van der Waals surface area (Å²) in [6.07, 6.45) is 4.33. The molecule has 7 rings (SSSR count). The van der Waals surface area contributed by atoms with Gasteiger partial charge in [0.2, 0.25) is 12.4 Å². The van der Waals surface area contributed by atoms with E-state index in [1.807, 2.05) is 0 Å². The summed E-state index contributed by atoms with van der Waals surface area (Å²) in [6.45, 7) is 2.62. The fraction of sp³-hybridized carbons (Fsp3) is 0.361. The number of piperidine rings is 3. The molecule has 0 amide bonds. The molecule has 0 aliphatic carbocycles. The maximum Gasteiger partial charge on any atom is 0.328 e. The molecule has 10 nitrogen and oxygen atoms in total. The number of esters is 1. The van der Waals surface area contributed by atoms with Crippen LogP contribution in [0.5, 0.6) is 11.5 Å². The predicted octanol–water partition coefficient (Wildman–Crippen LogP) is 4.94. The van der Waals surface area contributed by atoms with Crippen molar-refractivity contribution in [3.63, 3.8) is 0 Å². The van der Waals surface area contributed by atoms with Crippen molar-refractivity contribution in [2.45, 2.75) is 43.9 Å². The van der Waals surface area contributed by atoms with Gasteiger partial charge in [-0.3, -0.25) is 15.4 Å². The summed E-state index contributed by atoms with van der Waals surface area (Å²) in [6, 6.07) is 11.6.